The van der Waals surface area contributed by atoms with Crippen LogP contribution in [0.5, 0.6) is 0 Å². The van der Waals surface area contributed by atoms with Crippen molar-refractivity contribution < 1.29 is 4.79 Å². The standard InChI is InChI=1S/C22H18N6OS/c1-14-7-8-18(26-13-14)27-19(29)9-10-30-22-17(12-24)20(15-5-3-2-4-6-15)16(11-23)21(25)28-22/h2-8,13H,9-10H2,1H3,(H2,25,28)(H,26,27,29). The zero-order valence-electron chi connectivity index (χ0n) is 16.2. The first-order chi connectivity index (χ1) is 14.5. The second-order valence-corrected chi connectivity index (χ2v) is 7.47. The van der Waals surface area contributed by atoms with Gasteiger partial charge >= 0.3 is 0 Å². The first kappa shape index (κ1) is 20.8. The Kier molecular flexibility index (Phi) is 6.63. The van der Waals surface area contributed by atoms with E-state index in [4.69, 9.17) is 5.73 Å². The largest absolute Gasteiger partial charge is 0.383 e. The van der Waals surface area contributed by atoms with Crippen molar-refractivity contribution in [1.29, 1.82) is 10.5 Å². The van der Waals surface area contributed by atoms with Gasteiger partial charge in [0, 0.05) is 23.9 Å². The zero-order chi connectivity index (χ0) is 21.5. The summed E-state index contributed by atoms with van der Waals surface area (Å²) >= 11 is 1.25. The number of nitrogen functional groups attached to an aromatic ring is 1. The lowest BCUT2D eigenvalue weighted by Gasteiger charge is -2.13. The highest BCUT2D eigenvalue weighted by Gasteiger charge is 2.20. The van der Waals surface area contributed by atoms with Crippen LogP contribution in [0.4, 0.5) is 11.6 Å². The lowest BCUT2D eigenvalue weighted by atomic mass is 9.97. The molecule has 1 amide bonds. The molecule has 0 saturated carbocycles. The molecule has 148 valence electrons. The fraction of sp³-hybridized carbons (Fsp3) is 0.136. The number of amides is 1. The van der Waals surface area contributed by atoms with Crippen LogP contribution >= 0.6 is 11.8 Å². The number of benzene rings is 1. The van der Waals surface area contributed by atoms with E-state index in [2.05, 4.69) is 27.4 Å². The van der Waals surface area contributed by atoms with E-state index >= 15 is 0 Å². The fourth-order valence-corrected chi connectivity index (χ4v) is 3.72. The number of hydrogen-bond acceptors (Lipinski definition) is 7. The number of nitriles is 2. The summed E-state index contributed by atoms with van der Waals surface area (Å²) in [6.45, 7) is 1.92. The first-order valence-corrected chi connectivity index (χ1v) is 10.1. The Balaban J connectivity index is 1.79. The highest BCUT2D eigenvalue weighted by molar-refractivity contribution is 7.99. The van der Waals surface area contributed by atoms with Crippen LogP contribution in [0.15, 0.2) is 53.7 Å². The molecule has 2 heterocycles. The molecule has 3 rings (SSSR count). The molecule has 0 aliphatic rings. The maximum Gasteiger partial charge on any atom is 0.226 e. The Bertz CT molecular complexity index is 1150. The molecule has 8 heteroatoms. The van der Waals surface area contributed by atoms with Gasteiger partial charge in [0.2, 0.25) is 5.91 Å². The third-order valence-corrected chi connectivity index (χ3v) is 5.20. The van der Waals surface area contributed by atoms with Crippen molar-refractivity contribution in [2.75, 3.05) is 16.8 Å². The number of nitrogens with two attached hydrogens (primary N) is 1. The molecule has 0 unspecified atom stereocenters. The number of pyridine rings is 2. The Hall–Kier alpha value is -3.88. The Morgan fingerprint density at radius 3 is 2.50 bits per heavy atom. The quantitative estimate of drug-likeness (QED) is 0.585. The molecule has 3 aromatic rings. The number of thioether (sulfide) groups is 1. The highest BCUT2D eigenvalue weighted by Crippen LogP contribution is 2.35. The monoisotopic (exact) mass is 414 g/mol. The zero-order valence-corrected chi connectivity index (χ0v) is 17.0. The number of aryl methyl sites for hydroxylation is 1. The minimum Gasteiger partial charge on any atom is -0.383 e. The predicted molar refractivity (Wildman–Crippen MR) is 116 cm³/mol. The van der Waals surface area contributed by atoms with Gasteiger partial charge in [0.05, 0.1) is 5.56 Å². The fourth-order valence-electron chi connectivity index (χ4n) is 2.78. The minimum absolute atomic E-state index is 0.0613. The molecule has 30 heavy (non-hydrogen) atoms. The van der Waals surface area contributed by atoms with Gasteiger partial charge in [0.15, 0.2) is 0 Å². The van der Waals surface area contributed by atoms with E-state index in [1.54, 1.807) is 12.3 Å². The third-order valence-electron chi connectivity index (χ3n) is 4.22. The lowest BCUT2D eigenvalue weighted by molar-refractivity contribution is -0.115. The molecule has 7 nitrogen and oxygen atoms in total. The van der Waals surface area contributed by atoms with Gasteiger partial charge in [0.25, 0.3) is 0 Å². The summed E-state index contributed by atoms with van der Waals surface area (Å²) in [6.07, 6.45) is 1.88. The summed E-state index contributed by atoms with van der Waals surface area (Å²) < 4.78 is 0. The maximum absolute atomic E-state index is 12.2. The van der Waals surface area contributed by atoms with Crippen molar-refractivity contribution in [3.05, 3.63) is 65.4 Å². The van der Waals surface area contributed by atoms with Crippen molar-refractivity contribution in [3.8, 4) is 23.3 Å². The van der Waals surface area contributed by atoms with E-state index < -0.39 is 0 Å². The Morgan fingerprint density at radius 1 is 1.13 bits per heavy atom. The summed E-state index contributed by atoms with van der Waals surface area (Å²) in [5.41, 5.74) is 8.62. The second-order valence-electron chi connectivity index (χ2n) is 6.38. The molecule has 2 aromatic heterocycles. The molecule has 0 bridgehead atoms. The lowest BCUT2D eigenvalue weighted by Crippen LogP contribution is -2.13. The van der Waals surface area contributed by atoms with Crippen molar-refractivity contribution in [1.82, 2.24) is 9.97 Å². The number of nitrogens with zero attached hydrogens (tertiary/aromatic N) is 4. The molecule has 0 fully saturated rings. The van der Waals surface area contributed by atoms with Gasteiger partial charge in [-0.2, -0.15) is 10.5 Å². The summed E-state index contributed by atoms with van der Waals surface area (Å²) in [5, 5.41) is 22.4. The van der Waals surface area contributed by atoms with Gasteiger partial charge in [0.1, 0.15) is 34.4 Å². The van der Waals surface area contributed by atoms with Crippen LogP contribution in [0.25, 0.3) is 11.1 Å². The summed E-state index contributed by atoms with van der Waals surface area (Å²) in [6, 6.07) is 16.9. The van der Waals surface area contributed by atoms with Crippen LogP contribution in [-0.2, 0) is 4.79 Å². The normalized spacial score (nSPS) is 10.1. The molecular weight excluding hydrogens is 396 g/mol. The van der Waals surface area contributed by atoms with Gasteiger partial charge in [-0.1, -0.05) is 36.4 Å². The molecule has 0 atom stereocenters. The highest BCUT2D eigenvalue weighted by atomic mass is 32.2. The molecular formula is C22H18N6OS. The smallest absolute Gasteiger partial charge is 0.226 e. The van der Waals surface area contributed by atoms with E-state index in [0.29, 0.717) is 27.7 Å². The number of hydrogen-bond donors (Lipinski definition) is 2. The van der Waals surface area contributed by atoms with E-state index in [9.17, 15) is 15.3 Å². The van der Waals surface area contributed by atoms with Crippen LogP contribution in [0.3, 0.4) is 0 Å². The van der Waals surface area contributed by atoms with Crippen molar-refractivity contribution in [3.63, 3.8) is 0 Å². The number of anilines is 2. The van der Waals surface area contributed by atoms with Crippen molar-refractivity contribution in [2.24, 2.45) is 0 Å². The third kappa shape index (κ3) is 4.75. The topological polar surface area (TPSA) is 128 Å². The molecule has 0 saturated heterocycles. The first-order valence-electron chi connectivity index (χ1n) is 9.08. The van der Waals surface area contributed by atoms with Crippen LogP contribution < -0.4 is 11.1 Å². The Labute approximate surface area is 178 Å². The van der Waals surface area contributed by atoms with Crippen LogP contribution in [-0.4, -0.2) is 21.6 Å². The van der Waals surface area contributed by atoms with Gasteiger partial charge in [-0.15, -0.1) is 11.8 Å². The van der Waals surface area contributed by atoms with Crippen LogP contribution in [0.1, 0.15) is 23.1 Å². The van der Waals surface area contributed by atoms with Crippen molar-refractivity contribution >= 4 is 29.3 Å². The average Bonchev–Trinajstić information content (AvgIpc) is 2.75. The molecule has 0 radical (unpaired) electrons. The maximum atomic E-state index is 12.2. The van der Waals surface area contributed by atoms with E-state index in [0.717, 1.165) is 5.56 Å². The predicted octanol–water partition coefficient (Wildman–Crippen LogP) is 3.90. The Morgan fingerprint density at radius 2 is 1.87 bits per heavy atom. The summed E-state index contributed by atoms with van der Waals surface area (Å²) in [4.78, 5) is 20.6. The summed E-state index contributed by atoms with van der Waals surface area (Å²) in [7, 11) is 0. The second kappa shape index (κ2) is 9.55. The van der Waals surface area contributed by atoms with Gasteiger partial charge < -0.3 is 11.1 Å². The number of rotatable bonds is 6. The van der Waals surface area contributed by atoms with E-state index in [1.165, 1.54) is 11.8 Å². The van der Waals surface area contributed by atoms with E-state index in [-0.39, 0.29) is 29.3 Å². The van der Waals surface area contributed by atoms with Crippen LogP contribution in [0, 0.1) is 29.6 Å². The van der Waals surface area contributed by atoms with E-state index in [1.807, 2.05) is 43.3 Å². The van der Waals surface area contributed by atoms with Crippen LogP contribution in [0.2, 0.25) is 0 Å². The number of nitrogens with one attached hydrogen (secondary N) is 1. The molecule has 0 aliphatic carbocycles. The van der Waals surface area contributed by atoms with Gasteiger partial charge in [-0.3, -0.25) is 4.79 Å². The summed E-state index contributed by atoms with van der Waals surface area (Å²) in [5.74, 6) is 0.743. The van der Waals surface area contributed by atoms with Gasteiger partial charge in [-0.05, 0) is 24.1 Å². The van der Waals surface area contributed by atoms with Gasteiger partial charge in [-0.25, -0.2) is 9.97 Å². The van der Waals surface area contributed by atoms with Crippen molar-refractivity contribution in [2.45, 2.75) is 18.4 Å². The molecule has 1 aromatic carbocycles. The number of carbonyl (C=O) groups excluding carboxylic acids is 1. The minimum atomic E-state index is -0.192. The number of carbonyl (C=O) groups is 1. The molecule has 0 spiro atoms. The SMILES string of the molecule is Cc1ccc(NC(=O)CCSc2nc(N)c(C#N)c(-c3ccccc3)c2C#N)nc1. The average molecular weight is 414 g/mol. The number of aromatic nitrogens is 2. The molecule has 0 aliphatic heterocycles. The molecule has 3 N–H and O–H groups in total.